The molecule has 3 aromatic rings. The van der Waals surface area contributed by atoms with Crippen molar-refractivity contribution in [3.8, 4) is 6.07 Å². The number of benzene rings is 3. The standard InChI is InChI=1S/C25H17FN2O3/c1-15-6-10-17(11-7-15)23(29)21-22(19-4-2-3-5-20(19)26)28(25(31)24(21)30)18-12-8-16(14-27)9-13-18/h2-13,22,29H,1H3/b23-21-. The van der Waals surface area contributed by atoms with Crippen LogP contribution >= 0.6 is 0 Å². The average molecular weight is 412 g/mol. The molecule has 1 unspecified atom stereocenters. The second-order valence-electron chi connectivity index (χ2n) is 7.22. The first kappa shape index (κ1) is 20.0. The third-order valence-corrected chi connectivity index (χ3v) is 5.24. The summed E-state index contributed by atoms with van der Waals surface area (Å²) in [6.07, 6.45) is 0. The van der Waals surface area contributed by atoms with Crippen LogP contribution in [0, 0.1) is 24.1 Å². The molecule has 4 rings (SSSR count). The summed E-state index contributed by atoms with van der Waals surface area (Å²) in [5.74, 6) is -2.77. The van der Waals surface area contributed by atoms with Gasteiger partial charge in [0.1, 0.15) is 11.6 Å². The Morgan fingerprint density at radius 2 is 1.65 bits per heavy atom. The molecule has 6 heteroatoms. The Kier molecular flexibility index (Phi) is 5.10. The molecule has 0 radical (unpaired) electrons. The molecule has 1 heterocycles. The third kappa shape index (κ3) is 3.47. The molecule has 0 aliphatic carbocycles. The Bertz CT molecular complexity index is 1260. The topological polar surface area (TPSA) is 81.4 Å². The molecule has 0 saturated carbocycles. The Labute approximate surface area is 178 Å². The molecule has 1 N–H and O–H groups in total. The molecular formula is C25H17FN2O3. The van der Waals surface area contributed by atoms with E-state index in [-0.39, 0.29) is 16.9 Å². The van der Waals surface area contributed by atoms with Crippen molar-refractivity contribution >= 4 is 23.1 Å². The lowest BCUT2D eigenvalue weighted by Crippen LogP contribution is -2.29. The van der Waals surface area contributed by atoms with Gasteiger partial charge >= 0.3 is 0 Å². The minimum absolute atomic E-state index is 0.0831. The quantitative estimate of drug-likeness (QED) is 0.386. The second-order valence-corrected chi connectivity index (χ2v) is 7.22. The van der Waals surface area contributed by atoms with Crippen LogP contribution in [0.25, 0.3) is 5.76 Å². The summed E-state index contributed by atoms with van der Waals surface area (Å²) in [5, 5.41) is 20.0. The van der Waals surface area contributed by atoms with Gasteiger partial charge in [-0.3, -0.25) is 14.5 Å². The Morgan fingerprint density at radius 1 is 1.00 bits per heavy atom. The Balaban J connectivity index is 1.95. The van der Waals surface area contributed by atoms with E-state index in [4.69, 9.17) is 5.26 Å². The number of hydrogen-bond donors (Lipinski definition) is 1. The van der Waals surface area contributed by atoms with Crippen molar-refractivity contribution in [3.63, 3.8) is 0 Å². The van der Waals surface area contributed by atoms with Gasteiger partial charge < -0.3 is 5.11 Å². The molecule has 31 heavy (non-hydrogen) atoms. The number of anilines is 1. The van der Waals surface area contributed by atoms with Crippen molar-refractivity contribution in [1.29, 1.82) is 5.26 Å². The highest BCUT2D eigenvalue weighted by Gasteiger charge is 2.47. The number of aliphatic hydroxyl groups excluding tert-OH is 1. The fraction of sp³-hybridized carbons (Fsp3) is 0.0800. The normalized spacial score (nSPS) is 17.6. The van der Waals surface area contributed by atoms with Crippen molar-refractivity contribution in [2.75, 3.05) is 4.90 Å². The Hall–Kier alpha value is -4.24. The fourth-order valence-electron chi connectivity index (χ4n) is 3.65. The molecule has 1 atom stereocenters. The number of hydrogen-bond acceptors (Lipinski definition) is 4. The van der Waals surface area contributed by atoms with E-state index < -0.39 is 23.5 Å². The number of ketones is 1. The van der Waals surface area contributed by atoms with Gasteiger partial charge in [0.05, 0.1) is 23.2 Å². The number of Topliss-reactive ketones (excluding diaryl/α,β-unsaturated/α-hetero) is 1. The number of aliphatic hydroxyl groups is 1. The zero-order valence-electron chi connectivity index (χ0n) is 16.5. The van der Waals surface area contributed by atoms with Crippen molar-refractivity contribution in [2.24, 2.45) is 0 Å². The van der Waals surface area contributed by atoms with E-state index >= 15 is 0 Å². The summed E-state index contributed by atoms with van der Waals surface area (Å²) in [4.78, 5) is 27.2. The van der Waals surface area contributed by atoms with E-state index in [2.05, 4.69) is 0 Å². The fourth-order valence-corrected chi connectivity index (χ4v) is 3.65. The highest BCUT2D eigenvalue weighted by molar-refractivity contribution is 6.51. The van der Waals surface area contributed by atoms with Crippen molar-refractivity contribution < 1.29 is 19.1 Å². The van der Waals surface area contributed by atoms with Crippen LogP contribution in [0.15, 0.2) is 78.4 Å². The van der Waals surface area contributed by atoms with Gasteiger partial charge in [0.25, 0.3) is 11.7 Å². The molecule has 1 aliphatic rings. The number of carbonyl (C=O) groups is 2. The number of carbonyl (C=O) groups excluding carboxylic acids is 2. The van der Waals surface area contributed by atoms with Crippen LogP contribution in [-0.4, -0.2) is 16.8 Å². The van der Waals surface area contributed by atoms with Gasteiger partial charge in [0.15, 0.2) is 0 Å². The molecule has 0 spiro atoms. The van der Waals surface area contributed by atoms with Gasteiger partial charge in [-0.1, -0.05) is 48.0 Å². The highest BCUT2D eigenvalue weighted by Crippen LogP contribution is 2.42. The molecule has 0 bridgehead atoms. The smallest absolute Gasteiger partial charge is 0.300 e. The number of nitriles is 1. The van der Waals surface area contributed by atoms with Crippen LogP contribution in [0.2, 0.25) is 0 Å². The maximum Gasteiger partial charge on any atom is 0.300 e. The van der Waals surface area contributed by atoms with E-state index in [1.54, 1.807) is 30.3 Å². The van der Waals surface area contributed by atoms with Crippen molar-refractivity contribution in [3.05, 3.63) is 106 Å². The van der Waals surface area contributed by atoms with Gasteiger partial charge in [-0.25, -0.2) is 4.39 Å². The summed E-state index contributed by atoms with van der Waals surface area (Å²) >= 11 is 0. The van der Waals surface area contributed by atoms with E-state index in [0.717, 1.165) is 10.5 Å². The Morgan fingerprint density at radius 3 is 2.26 bits per heavy atom. The van der Waals surface area contributed by atoms with E-state index in [1.165, 1.54) is 42.5 Å². The molecule has 1 amide bonds. The number of nitrogens with zero attached hydrogens (tertiary/aromatic N) is 2. The van der Waals surface area contributed by atoms with Crippen LogP contribution in [0.1, 0.15) is 28.3 Å². The summed E-state index contributed by atoms with van der Waals surface area (Å²) in [6.45, 7) is 1.88. The summed E-state index contributed by atoms with van der Waals surface area (Å²) in [7, 11) is 0. The molecule has 152 valence electrons. The number of rotatable bonds is 3. The number of amides is 1. The number of aryl methyl sites for hydroxylation is 1. The van der Waals surface area contributed by atoms with Gasteiger partial charge in [-0.05, 0) is 37.3 Å². The molecule has 0 aromatic heterocycles. The maximum absolute atomic E-state index is 14.8. The van der Waals surface area contributed by atoms with Gasteiger partial charge in [-0.2, -0.15) is 5.26 Å². The molecule has 5 nitrogen and oxygen atoms in total. The van der Waals surface area contributed by atoms with E-state index in [1.807, 2.05) is 13.0 Å². The molecule has 1 fully saturated rings. The predicted octanol–water partition coefficient (Wildman–Crippen LogP) is 4.63. The van der Waals surface area contributed by atoms with Gasteiger partial charge in [0, 0.05) is 16.8 Å². The van der Waals surface area contributed by atoms with Gasteiger partial charge in [-0.15, -0.1) is 0 Å². The highest BCUT2D eigenvalue weighted by atomic mass is 19.1. The predicted molar refractivity (Wildman–Crippen MR) is 114 cm³/mol. The van der Waals surface area contributed by atoms with Crippen LogP contribution in [0.4, 0.5) is 10.1 Å². The summed E-state index contributed by atoms with van der Waals surface area (Å²) in [5.41, 5.74) is 1.90. The maximum atomic E-state index is 14.8. The SMILES string of the molecule is Cc1ccc(/C(O)=C2/C(=O)C(=O)N(c3ccc(C#N)cc3)C2c2ccccc2F)cc1. The lowest BCUT2D eigenvalue weighted by atomic mass is 9.94. The van der Waals surface area contributed by atoms with E-state index in [0.29, 0.717) is 16.8 Å². The lowest BCUT2D eigenvalue weighted by molar-refractivity contribution is -0.132. The molecule has 3 aromatic carbocycles. The van der Waals surface area contributed by atoms with Crippen molar-refractivity contribution in [2.45, 2.75) is 13.0 Å². The lowest BCUT2D eigenvalue weighted by Gasteiger charge is -2.25. The van der Waals surface area contributed by atoms with Crippen LogP contribution in [-0.2, 0) is 9.59 Å². The first-order valence-corrected chi connectivity index (χ1v) is 9.55. The minimum Gasteiger partial charge on any atom is -0.507 e. The van der Waals surface area contributed by atoms with E-state index in [9.17, 15) is 19.1 Å². The first-order valence-electron chi connectivity index (χ1n) is 9.55. The van der Waals surface area contributed by atoms with Crippen LogP contribution in [0.5, 0.6) is 0 Å². The molecule has 1 aliphatic heterocycles. The third-order valence-electron chi connectivity index (χ3n) is 5.24. The average Bonchev–Trinajstić information content (AvgIpc) is 3.04. The monoisotopic (exact) mass is 412 g/mol. The minimum atomic E-state index is -1.16. The summed E-state index contributed by atoms with van der Waals surface area (Å²) in [6, 6.07) is 19.5. The number of halogens is 1. The second kappa shape index (κ2) is 7.88. The zero-order valence-corrected chi connectivity index (χ0v) is 16.5. The first-order chi connectivity index (χ1) is 14.9. The zero-order chi connectivity index (χ0) is 22.1. The largest absolute Gasteiger partial charge is 0.507 e. The van der Waals surface area contributed by atoms with Gasteiger partial charge in [0.2, 0.25) is 0 Å². The van der Waals surface area contributed by atoms with Crippen LogP contribution in [0.3, 0.4) is 0 Å². The van der Waals surface area contributed by atoms with Crippen LogP contribution < -0.4 is 4.90 Å². The molecular weight excluding hydrogens is 395 g/mol. The molecule has 1 saturated heterocycles. The van der Waals surface area contributed by atoms with Crippen molar-refractivity contribution in [1.82, 2.24) is 0 Å². The summed E-state index contributed by atoms with van der Waals surface area (Å²) < 4.78 is 14.8.